The molecule has 2 aromatic heterocycles. The number of halogens is 1. The molecule has 0 spiro atoms. The molecule has 1 aromatic carbocycles. The number of benzene rings is 1. The molecule has 0 aliphatic carbocycles. The third-order valence-corrected chi connectivity index (χ3v) is 6.91. The Morgan fingerprint density at radius 2 is 2.29 bits per heavy atom. The van der Waals surface area contributed by atoms with E-state index in [1.54, 1.807) is 23.1 Å². The van der Waals surface area contributed by atoms with Crippen LogP contribution in [0.25, 0.3) is 11.3 Å². The van der Waals surface area contributed by atoms with Gasteiger partial charge in [-0.2, -0.15) is 0 Å². The van der Waals surface area contributed by atoms with Gasteiger partial charge < -0.3 is 10.1 Å². The summed E-state index contributed by atoms with van der Waals surface area (Å²) in [6, 6.07) is 10.2. The van der Waals surface area contributed by atoms with Crippen molar-refractivity contribution in [2.75, 3.05) is 6.54 Å². The summed E-state index contributed by atoms with van der Waals surface area (Å²) in [5, 5.41) is 6.32. The van der Waals surface area contributed by atoms with E-state index in [-0.39, 0.29) is 6.04 Å². The number of nitrogens with zero attached hydrogens (tertiary/aromatic N) is 2. The molecule has 1 unspecified atom stereocenters. The molecule has 0 saturated heterocycles. The smallest absolute Gasteiger partial charge is 0.193 e. The van der Waals surface area contributed by atoms with Gasteiger partial charge in [0.15, 0.2) is 5.16 Å². The van der Waals surface area contributed by atoms with Gasteiger partial charge in [-0.1, -0.05) is 30.4 Å². The average molecular weight is 472 g/mol. The summed E-state index contributed by atoms with van der Waals surface area (Å²) in [5.41, 5.74) is 3.95. The Kier molecular flexibility index (Phi) is 6.36. The van der Waals surface area contributed by atoms with Gasteiger partial charge in [0.25, 0.3) is 0 Å². The highest BCUT2D eigenvalue weighted by molar-refractivity contribution is 9.11. The van der Waals surface area contributed by atoms with Crippen LogP contribution in [0.5, 0.6) is 0 Å². The van der Waals surface area contributed by atoms with E-state index in [4.69, 9.17) is 4.98 Å². The van der Waals surface area contributed by atoms with Crippen LogP contribution in [0.1, 0.15) is 23.6 Å². The lowest BCUT2D eigenvalue weighted by Crippen LogP contribution is -2.24. The van der Waals surface area contributed by atoms with Crippen molar-refractivity contribution in [2.45, 2.75) is 28.9 Å². The summed E-state index contributed by atoms with van der Waals surface area (Å²) < 4.78 is 1.09. The second kappa shape index (κ2) is 9.13. The molecule has 4 rings (SSSR count). The molecule has 1 aliphatic rings. The zero-order chi connectivity index (χ0) is 19.3. The van der Waals surface area contributed by atoms with Crippen molar-refractivity contribution < 1.29 is 4.79 Å². The molecule has 0 saturated carbocycles. The van der Waals surface area contributed by atoms with Crippen LogP contribution in [-0.4, -0.2) is 22.8 Å². The number of aldehydes is 1. The highest BCUT2D eigenvalue weighted by atomic mass is 79.9. The molecule has 3 heterocycles. The van der Waals surface area contributed by atoms with Crippen molar-refractivity contribution >= 4 is 45.3 Å². The molecule has 1 N–H and O–H groups in total. The van der Waals surface area contributed by atoms with E-state index in [1.165, 1.54) is 0 Å². The van der Waals surface area contributed by atoms with Crippen molar-refractivity contribution in [2.24, 2.45) is 0 Å². The second-order valence-electron chi connectivity index (χ2n) is 6.36. The first-order valence-electron chi connectivity index (χ1n) is 8.95. The molecule has 0 amide bonds. The van der Waals surface area contributed by atoms with Crippen LogP contribution < -0.4 is 5.32 Å². The van der Waals surface area contributed by atoms with Crippen molar-refractivity contribution in [3.8, 4) is 11.3 Å². The number of thiophene rings is 1. The Morgan fingerprint density at radius 1 is 1.36 bits per heavy atom. The van der Waals surface area contributed by atoms with Gasteiger partial charge in [0, 0.05) is 34.0 Å². The van der Waals surface area contributed by atoms with E-state index in [2.05, 4.69) is 49.8 Å². The van der Waals surface area contributed by atoms with Crippen LogP contribution in [0.4, 0.5) is 0 Å². The maximum Gasteiger partial charge on any atom is 0.193 e. The summed E-state index contributed by atoms with van der Waals surface area (Å²) in [5.74, 6) is 0. The fourth-order valence-electron chi connectivity index (χ4n) is 3.11. The second-order valence-corrected chi connectivity index (χ2v) is 9.70. The first-order valence-corrected chi connectivity index (χ1v) is 11.4. The Hall–Kier alpha value is -1.80. The molecule has 0 radical (unpaired) electrons. The minimum atomic E-state index is 0.0906. The van der Waals surface area contributed by atoms with Gasteiger partial charge in [-0.3, -0.25) is 0 Å². The largest absolute Gasteiger partial charge is 0.306 e. The highest BCUT2D eigenvalue weighted by Gasteiger charge is 2.19. The van der Waals surface area contributed by atoms with Crippen LogP contribution in [0.3, 0.4) is 0 Å². The number of hydrogen-bond acceptors (Lipinski definition) is 6. The van der Waals surface area contributed by atoms with Gasteiger partial charge in [0.1, 0.15) is 6.29 Å². The van der Waals surface area contributed by atoms with Gasteiger partial charge >= 0.3 is 0 Å². The number of hydrogen-bond donors (Lipinski definition) is 1. The Labute approximate surface area is 180 Å². The Balaban J connectivity index is 1.76. The molecule has 142 valence electrons. The SMILES string of the molecule is O=CCc1cccc(-c2nc(Sc3csc(Br)c3)ncc2C2C=CCCN2)c1. The van der Waals surface area contributed by atoms with E-state index in [0.29, 0.717) is 11.6 Å². The molecular weight excluding hydrogens is 454 g/mol. The zero-order valence-corrected chi connectivity index (χ0v) is 18.2. The predicted molar refractivity (Wildman–Crippen MR) is 118 cm³/mol. The first kappa shape index (κ1) is 19.5. The van der Waals surface area contributed by atoms with Gasteiger partial charge in [-0.05, 0) is 58.4 Å². The number of carbonyl (C=O) groups is 1. The minimum absolute atomic E-state index is 0.0906. The van der Waals surface area contributed by atoms with Crippen molar-refractivity contribution in [1.82, 2.24) is 15.3 Å². The van der Waals surface area contributed by atoms with E-state index in [1.807, 2.05) is 30.5 Å². The van der Waals surface area contributed by atoms with Gasteiger partial charge in [0.2, 0.25) is 0 Å². The summed E-state index contributed by atoms with van der Waals surface area (Å²) in [6.07, 6.45) is 8.65. The van der Waals surface area contributed by atoms with E-state index in [0.717, 1.165) is 50.3 Å². The van der Waals surface area contributed by atoms with Crippen molar-refractivity contribution in [3.05, 3.63) is 69.0 Å². The molecule has 3 aromatic rings. The fourth-order valence-corrected chi connectivity index (χ4v) is 5.33. The Morgan fingerprint density at radius 3 is 3.04 bits per heavy atom. The molecular formula is C21H18BrN3OS2. The number of carbonyl (C=O) groups excluding carboxylic acids is 1. The van der Waals surface area contributed by atoms with E-state index < -0.39 is 0 Å². The zero-order valence-electron chi connectivity index (χ0n) is 15.0. The monoisotopic (exact) mass is 471 g/mol. The molecule has 0 bridgehead atoms. The summed E-state index contributed by atoms with van der Waals surface area (Å²) in [7, 11) is 0. The third kappa shape index (κ3) is 4.60. The predicted octanol–water partition coefficient (Wildman–Crippen LogP) is 5.45. The van der Waals surface area contributed by atoms with Gasteiger partial charge in [-0.15, -0.1) is 11.3 Å². The maximum absolute atomic E-state index is 10.9. The molecule has 4 nitrogen and oxygen atoms in total. The molecule has 7 heteroatoms. The average Bonchev–Trinajstić information content (AvgIpc) is 3.14. The quantitative estimate of drug-likeness (QED) is 0.294. The van der Waals surface area contributed by atoms with Crippen LogP contribution in [0.2, 0.25) is 0 Å². The lowest BCUT2D eigenvalue weighted by atomic mass is 9.98. The van der Waals surface area contributed by atoms with Crippen LogP contribution in [0, 0.1) is 0 Å². The Bertz CT molecular complexity index is 1020. The highest BCUT2D eigenvalue weighted by Crippen LogP contribution is 2.35. The maximum atomic E-state index is 10.9. The third-order valence-electron chi connectivity index (χ3n) is 4.41. The first-order chi connectivity index (χ1) is 13.7. The lowest BCUT2D eigenvalue weighted by molar-refractivity contribution is -0.107. The summed E-state index contributed by atoms with van der Waals surface area (Å²) in [4.78, 5) is 21.6. The fraction of sp³-hybridized carbons (Fsp3) is 0.190. The molecule has 28 heavy (non-hydrogen) atoms. The van der Waals surface area contributed by atoms with Crippen LogP contribution in [0.15, 0.2) is 67.9 Å². The minimum Gasteiger partial charge on any atom is -0.306 e. The van der Waals surface area contributed by atoms with Gasteiger partial charge in [0.05, 0.1) is 15.5 Å². The number of aromatic nitrogens is 2. The number of nitrogens with one attached hydrogen (secondary N) is 1. The van der Waals surface area contributed by atoms with E-state index >= 15 is 0 Å². The molecule has 1 atom stereocenters. The molecule has 0 fully saturated rings. The van der Waals surface area contributed by atoms with Gasteiger partial charge in [-0.25, -0.2) is 9.97 Å². The normalized spacial score (nSPS) is 16.2. The molecule has 1 aliphatic heterocycles. The lowest BCUT2D eigenvalue weighted by Gasteiger charge is -2.21. The summed E-state index contributed by atoms with van der Waals surface area (Å²) >= 11 is 6.70. The standard InChI is InChI=1S/C21H18BrN3OS2/c22-19-11-16(13-27-19)28-21-24-12-17(18-6-1-2-8-23-18)20(25-21)15-5-3-4-14(10-15)7-9-26/h1,3-6,9-13,18,23H,2,7-8H2. The topological polar surface area (TPSA) is 54.9 Å². The van der Waals surface area contributed by atoms with E-state index in [9.17, 15) is 4.79 Å². The van der Waals surface area contributed by atoms with Crippen molar-refractivity contribution in [1.29, 1.82) is 0 Å². The van der Waals surface area contributed by atoms with Crippen LogP contribution in [-0.2, 0) is 11.2 Å². The van der Waals surface area contributed by atoms with Crippen LogP contribution >= 0.6 is 39.0 Å². The summed E-state index contributed by atoms with van der Waals surface area (Å²) in [6.45, 7) is 0.936. The van der Waals surface area contributed by atoms with Crippen molar-refractivity contribution in [3.63, 3.8) is 0 Å². The number of rotatable bonds is 6.